The lowest BCUT2D eigenvalue weighted by Crippen LogP contribution is -2.26. The number of benzene rings is 1. The standard InChI is InChI=1S/C18H19N3O2/c1-13-16(21-12-4-3-5-17(21)19-13)10-11-18(23)20(2)14-6-8-15(22)9-7-14/h3-9,12,22H,10-11H2,1-2H3. The van der Waals surface area contributed by atoms with Crippen molar-refractivity contribution in [3.8, 4) is 5.75 Å². The van der Waals surface area contributed by atoms with Gasteiger partial charge in [-0.05, 0) is 49.7 Å². The maximum absolute atomic E-state index is 12.4. The number of aryl methyl sites for hydroxylation is 2. The summed E-state index contributed by atoms with van der Waals surface area (Å²) in [6.45, 7) is 1.97. The van der Waals surface area contributed by atoms with E-state index in [0.717, 1.165) is 22.7 Å². The third-order valence-electron chi connectivity index (χ3n) is 4.02. The van der Waals surface area contributed by atoms with Crippen molar-refractivity contribution in [2.24, 2.45) is 0 Å². The minimum Gasteiger partial charge on any atom is -0.508 e. The van der Waals surface area contributed by atoms with E-state index in [4.69, 9.17) is 0 Å². The number of fused-ring (bicyclic) bond motifs is 1. The molecule has 1 N–H and O–H groups in total. The Kier molecular flexibility index (Phi) is 4.02. The van der Waals surface area contributed by atoms with E-state index in [1.54, 1.807) is 36.2 Å². The second-order valence-corrected chi connectivity index (χ2v) is 5.54. The number of amides is 1. The van der Waals surface area contributed by atoms with Crippen molar-refractivity contribution in [2.45, 2.75) is 19.8 Å². The number of imidazole rings is 1. The van der Waals surface area contributed by atoms with Crippen LogP contribution in [-0.4, -0.2) is 27.4 Å². The topological polar surface area (TPSA) is 57.8 Å². The summed E-state index contributed by atoms with van der Waals surface area (Å²) in [5.41, 5.74) is 3.69. The lowest BCUT2D eigenvalue weighted by Gasteiger charge is -2.17. The Morgan fingerprint density at radius 2 is 1.96 bits per heavy atom. The van der Waals surface area contributed by atoms with Crippen LogP contribution in [0.4, 0.5) is 5.69 Å². The Hall–Kier alpha value is -2.82. The van der Waals surface area contributed by atoms with Crippen molar-refractivity contribution in [1.29, 1.82) is 0 Å². The predicted octanol–water partition coefficient (Wildman–Crippen LogP) is 2.94. The van der Waals surface area contributed by atoms with E-state index in [1.165, 1.54) is 0 Å². The number of hydrogen-bond donors (Lipinski definition) is 1. The fourth-order valence-corrected chi connectivity index (χ4v) is 2.68. The lowest BCUT2D eigenvalue weighted by molar-refractivity contribution is -0.118. The zero-order chi connectivity index (χ0) is 16.4. The number of carbonyl (C=O) groups excluding carboxylic acids is 1. The van der Waals surface area contributed by atoms with Crippen LogP contribution in [0.1, 0.15) is 17.8 Å². The van der Waals surface area contributed by atoms with E-state index in [-0.39, 0.29) is 11.7 Å². The maximum atomic E-state index is 12.4. The van der Waals surface area contributed by atoms with Gasteiger partial charge in [0.1, 0.15) is 11.4 Å². The number of pyridine rings is 1. The molecule has 23 heavy (non-hydrogen) atoms. The van der Waals surface area contributed by atoms with Gasteiger partial charge in [0.25, 0.3) is 0 Å². The molecule has 0 bridgehead atoms. The summed E-state index contributed by atoms with van der Waals surface area (Å²) in [5.74, 6) is 0.219. The third-order valence-corrected chi connectivity index (χ3v) is 4.02. The molecule has 0 saturated heterocycles. The Balaban J connectivity index is 1.73. The summed E-state index contributed by atoms with van der Waals surface area (Å²) in [4.78, 5) is 18.5. The Bertz CT molecular complexity index is 837. The average Bonchev–Trinajstić information content (AvgIpc) is 2.88. The Morgan fingerprint density at radius 1 is 1.22 bits per heavy atom. The highest BCUT2D eigenvalue weighted by atomic mass is 16.3. The van der Waals surface area contributed by atoms with Crippen LogP contribution >= 0.6 is 0 Å². The zero-order valence-electron chi connectivity index (χ0n) is 13.2. The van der Waals surface area contributed by atoms with Crippen molar-refractivity contribution >= 4 is 17.2 Å². The summed E-state index contributed by atoms with van der Waals surface area (Å²) >= 11 is 0. The fourth-order valence-electron chi connectivity index (χ4n) is 2.68. The van der Waals surface area contributed by atoms with Crippen molar-refractivity contribution in [2.75, 3.05) is 11.9 Å². The van der Waals surface area contributed by atoms with Crippen LogP contribution in [0.5, 0.6) is 5.75 Å². The number of phenolic OH excluding ortho intramolecular Hbond substituents is 1. The van der Waals surface area contributed by atoms with Crippen molar-refractivity contribution < 1.29 is 9.90 Å². The zero-order valence-corrected chi connectivity index (χ0v) is 13.2. The molecule has 0 aliphatic rings. The first-order chi connectivity index (χ1) is 11.1. The summed E-state index contributed by atoms with van der Waals surface area (Å²) in [7, 11) is 1.75. The Labute approximate surface area is 134 Å². The molecule has 0 fully saturated rings. The molecule has 0 unspecified atom stereocenters. The van der Waals surface area contributed by atoms with Gasteiger partial charge in [0.2, 0.25) is 5.91 Å². The minimum absolute atomic E-state index is 0.0287. The van der Waals surface area contributed by atoms with Gasteiger partial charge in [-0.25, -0.2) is 4.98 Å². The molecule has 5 heteroatoms. The third kappa shape index (κ3) is 3.04. The van der Waals surface area contributed by atoms with Crippen LogP contribution in [0.25, 0.3) is 5.65 Å². The Morgan fingerprint density at radius 3 is 2.70 bits per heavy atom. The van der Waals surface area contributed by atoms with E-state index in [2.05, 4.69) is 4.98 Å². The number of nitrogens with zero attached hydrogens (tertiary/aromatic N) is 3. The first-order valence-corrected chi connectivity index (χ1v) is 7.54. The molecular formula is C18H19N3O2. The van der Waals surface area contributed by atoms with Crippen molar-refractivity contribution in [3.63, 3.8) is 0 Å². The molecule has 2 aromatic heterocycles. The number of carbonyl (C=O) groups is 1. The van der Waals surface area contributed by atoms with Gasteiger partial charge in [-0.15, -0.1) is 0 Å². The molecule has 0 aliphatic carbocycles. The largest absolute Gasteiger partial charge is 0.508 e. The van der Waals surface area contributed by atoms with Gasteiger partial charge >= 0.3 is 0 Å². The molecule has 5 nitrogen and oxygen atoms in total. The molecular weight excluding hydrogens is 290 g/mol. The number of hydrogen-bond acceptors (Lipinski definition) is 3. The summed E-state index contributed by atoms with van der Waals surface area (Å²) < 4.78 is 2.03. The van der Waals surface area contributed by atoms with Crippen LogP contribution in [0.3, 0.4) is 0 Å². The lowest BCUT2D eigenvalue weighted by atomic mass is 10.2. The van der Waals surface area contributed by atoms with Crippen LogP contribution in [0, 0.1) is 6.92 Å². The van der Waals surface area contributed by atoms with Gasteiger partial charge in [-0.3, -0.25) is 4.79 Å². The first-order valence-electron chi connectivity index (χ1n) is 7.54. The van der Waals surface area contributed by atoms with Crippen LogP contribution in [0.15, 0.2) is 48.7 Å². The van der Waals surface area contributed by atoms with Crippen molar-refractivity contribution in [1.82, 2.24) is 9.38 Å². The number of anilines is 1. The summed E-state index contributed by atoms with van der Waals surface area (Å²) in [5, 5.41) is 9.32. The highest BCUT2D eigenvalue weighted by Gasteiger charge is 2.14. The SMILES string of the molecule is Cc1nc2ccccn2c1CCC(=O)N(C)c1ccc(O)cc1. The molecule has 3 aromatic rings. The number of phenols is 1. The van der Waals surface area contributed by atoms with Gasteiger partial charge in [-0.1, -0.05) is 6.07 Å². The van der Waals surface area contributed by atoms with Crippen LogP contribution in [0.2, 0.25) is 0 Å². The number of rotatable bonds is 4. The molecule has 3 rings (SSSR count). The highest BCUT2D eigenvalue weighted by Crippen LogP contribution is 2.19. The quantitative estimate of drug-likeness (QED) is 0.806. The molecule has 0 spiro atoms. The van der Waals surface area contributed by atoms with Crippen molar-refractivity contribution in [3.05, 3.63) is 60.0 Å². The minimum atomic E-state index is 0.0287. The van der Waals surface area contributed by atoms with E-state index in [1.807, 2.05) is 35.7 Å². The van der Waals surface area contributed by atoms with Crippen LogP contribution < -0.4 is 4.90 Å². The van der Waals surface area contributed by atoms with E-state index < -0.39 is 0 Å². The van der Waals surface area contributed by atoms with Gasteiger partial charge in [0.15, 0.2) is 0 Å². The fraction of sp³-hybridized carbons (Fsp3) is 0.222. The highest BCUT2D eigenvalue weighted by molar-refractivity contribution is 5.92. The maximum Gasteiger partial charge on any atom is 0.227 e. The van der Waals surface area contributed by atoms with E-state index in [0.29, 0.717) is 12.8 Å². The number of aromatic nitrogens is 2. The smallest absolute Gasteiger partial charge is 0.227 e. The molecule has 2 heterocycles. The summed E-state index contributed by atoms with van der Waals surface area (Å²) in [6.07, 6.45) is 3.01. The van der Waals surface area contributed by atoms with E-state index in [9.17, 15) is 9.90 Å². The average molecular weight is 309 g/mol. The first kappa shape index (κ1) is 15.1. The summed E-state index contributed by atoms with van der Waals surface area (Å²) in [6, 6.07) is 12.5. The van der Waals surface area contributed by atoms with Crippen LogP contribution in [-0.2, 0) is 11.2 Å². The molecule has 0 radical (unpaired) electrons. The van der Waals surface area contributed by atoms with Gasteiger partial charge < -0.3 is 14.4 Å². The second kappa shape index (κ2) is 6.12. The predicted molar refractivity (Wildman–Crippen MR) is 89.8 cm³/mol. The molecule has 0 saturated carbocycles. The molecule has 0 atom stereocenters. The second-order valence-electron chi connectivity index (χ2n) is 5.54. The molecule has 1 amide bonds. The molecule has 118 valence electrons. The van der Waals surface area contributed by atoms with E-state index >= 15 is 0 Å². The van der Waals surface area contributed by atoms with Gasteiger partial charge in [0.05, 0.1) is 5.69 Å². The monoisotopic (exact) mass is 309 g/mol. The molecule has 0 aliphatic heterocycles. The van der Waals surface area contributed by atoms with Gasteiger partial charge in [-0.2, -0.15) is 0 Å². The number of aromatic hydroxyl groups is 1. The normalized spacial score (nSPS) is 10.9. The molecule has 1 aromatic carbocycles. The van der Waals surface area contributed by atoms with Gasteiger partial charge in [0, 0.05) is 31.0 Å².